The topological polar surface area (TPSA) is 69.5 Å². The maximum Gasteiger partial charge on any atom is 0.417 e. The van der Waals surface area contributed by atoms with Crippen molar-refractivity contribution in [2.75, 3.05) is 19.6 Å². The Labute approximate surface area is 118 Å². The lowest BCUT2D eigenvalue weighted by atomic mass is 10.1. The molecule has 110 valence electrons. The van der Waals surface area contributed by atoms with Crippen molar-refractivity contribution in [1.29, 1.82) is 0 Å². The Morgan fingerprint density at radius 2 is 2.00 bits per heavy atom. The van der Waals surface area contributed by atoms with Gasteiger partial charge < -0.3 is 14.4 Å². The van der Waals surface area contributed by atoms with Crippen LogP contribution in [0.15, 0.2) is 27.4 Å². The van der Waals surface area contributed by atoms with Crippen LogP contribution >= 0.6 is 0 Å². The van der Waals surface area contributed by atoms with E-state index in [9.17, 15) is 9.90 Å². The zero-order valence-electron chi connectivity index (χ0n) is 12.1. The Hall–Kier alpha value is -1.59. The van der Waals surface area contributed by atoms with E-state index in [4.69, 9.17) is 4.42 Å². The summed E-state index contributed by atoms with van der Waals surface area (Å²) in [6, 6.07) is 5.32. The van der Waals surface area contributed by atoms with Crippen LogP contribution in [-0.2, 0) is 0 Å². The second kappa shape index (κ2) is 6.72. The molecule has 0 aliphatic carbocycles. The van der Waals surface area contributed by atoms with Gasteiger partial charge in [-0.15, -0.1) is 0 Å². The highest BCUT2D eigenvalue weighted by Gasteiger charge is 2.14. The lowest BCUT2D eigenvalue weighted by Gasteiger charge is -2.24. The monoisotopic (exact) mass is 278 g/mol. The van der Waals surface area contributed by atoms with Gasteiger partial charge in [0.2, 0.25) is 0 Å². The maximum absolute atomic E-state index is 11.1. The fourth-order valence-corrected chi connectivity index (χ4v) is 2.45. The number of nitrogens with one attached hydrogen (secondary N) is 1. The molecule has 0 fully saturated rings. The van der Waals surface area contributed by atoms with Gasteiger partial charge in [-0.3, -0.25) is 4.98 Å². The third-order valence-corrected chi connectivity index (χ3v) is 3.34. The minimum absolute atomic E-state index is 0.467. The number of aromatic nitrogens is 1. The van der Waals surface area contributed by atoms with Crippen LogP contribution in [-0.4, -0.2) is 34.6 Å². The fraction of sp³-hybridized carbons (Fsp3) is 0.533. The molecular weight excluding hydrogens is 256 g/mol. The standard InChI is InChI=1S/C15H22N2O3/c1-3-7-17(8-4-2)10-13(18)11-5-6-12-14(9-11)20-15(19)16-12/h5-6,9,13,18H,3-4,7-8,10H2,1-2H3,(H,16,19). The molecule has 1 aromatic heterocycles. The summed E-state index contributed by atoms with van der Waals surface area (Å²) in [5.41, 5.74) is 1.92. The number of aliphatic hydroxyl groups is 1. The SMILES string of the molecule is CCCN(CCC)CC(O)c1ccc2[nH]c(=O)oc2c1. The number of rotatable bonds is 7. The largest absolute Gasteiger partial charge is 0.417 e. The highest BCUT2D eigenvalue weighted by molar-refractivity contribution is 5.72. The van der Waals surface area contributed by atoms with Crippen LogP contribution in [0.3, 0.4) is 0 Å². The molecule has 20 heavy (non-hydrogen) atoms. The molecule has 1 unspecified atom stereocenters. The van der Waals surface area contributed by atoms with Crippen LogP contribution in [0.25, 0.3) is 11.1 Å². The van der Waals surface area contributed by atoms with Crippen molar-refractivity contribution >= 4 is 11.1 Å². The van der Waals surface area contributed by atoms with E-state index < -0.39 is 11.9 Å². The summed E-state index contributed by atoms with van der Waals surface area (Å²) in [6.07, 6.45) is 1.56. The van der Waals surface area contributed by atoms with Crippen molar-refractivity contribution in [3.8, 4) is 0 Å². The summed E-state index contributed by atoms with van der Waals surface area (Å²) in [7, 11) is 0. The van der Waals surface area contributed by atoms with Crippen LogP contribution in [0.4, 0.5) is 0 Å². The van der Waals surface area contributed by atoms with Gasteiger partial charge in [-0.1, -0.05) is 19.9 Å². The number of hydrogen-bond donors (Lipinski definition) is 2. The Morgan fingerprint density at radius 1 is 1.30 bits per heavy atom. The van der Waals surface area contributed by atoms with Crippen molar-refractivity contribution in [3.05, 3.63) is 34.3 Å². The number of H-pyrrole nitrogens is 1. The summed E-state index contributed by atoms with van der Waals surface area (Å²) in [5.74, 6) is -0.467. The minimum Gasteiger partial charge on any atom is -0.408 e. The van der Waals surface area contributed by atoms with Gasteiger partial charge in [0.05, 0.1) is 11.6 Å². The van der Waals surface area contributed by atoms with Gasteiger partial charge in [0.15, 0.2) is 5.58 Å². The first-order valence-corrected chi connectivity index (χ1v) is 7.17. The first-order chi connectivity index (χ1) is 9.63. The van der Waals surface area contributed by atoms with E-state index in [-0.39, 0.29) is 0 Å². The van der Waals surface area contributed by atoms with Crippen molar-refractivity contribution < 1.29 is 9.52 Å². The third kappa shape index (κ3) is 3.49. The molecule has 0 bridgehead atoms. The number of aliphatic hydroxyl groups excluding tert-OH is 1. The van der Waals surface area contributed by atoms with E-state index >= 15 is 0 Å². The maximum atomic E-state index is 11.1. The summed E-state index contributed by atoms with van der Waals surface area (Å²) < 4.78 is 5.02. The molecule has 5 heteroatoms. The molecule has 0 aliphatic rings. The molecule has 0 radical (unpaired) electrons. The van der Waals surface area contributed by atoms with E-state index in [1.54, 1.807) is 12.1 Å². The quantitative estimate of drug-likeness (QED) is 0.815. The van der Waals surface area contributed by atoms with Crippen molar-refractivity contribution in [3.63, 3.8) is 0 Å². The van der Waals surface area contributed by atoms with E-state index in [1.165, 1.54) is 0 Å². The highest BCUT2D eigenvalue weighted by Crippen LogP contribution is 2.19. The third-order valence-electron chi connectivity index (χ3n) is 3.34. The van der Waals surface area contributed by atoms with Gasteiger partial charge in [-0.2, -0.15) is 0 Å². The molecule has 0 amide bonds. The number of fused-ring (bicyclic) bond motifs is 1. The molecule has 2 aromatic rings. The van der Waals surface area contributed by atoms with Crippen molar-refractivity contribution in [2.45, 2.75) is 32.8 Å². The lowest BCUT2D eigenvalue weighted by molar-refractivity contribution is 0.113. The molecule has 2 N–H and O–H groups in total. The molecule has 0 aliphatic heterocycles. The summed E-state index contributed by atoms with van der Waals surface area (Å²) in [6.45, 7) is 6.83. The zero-order valence-corrected chi connectivity index (χ0v) is 12.1. The molecule has 1 heterocycles. The predicted octanol–water partition coefficient (Wildman–Crippen LogP) is 2.28. The lowest BCUT2D eigenvalue weighted by Crippen LogP contribution is -2.30. The molecule has 1 aromatic carbocycles. The Kier molecular flexibility index (Phi) is 4.98. The molecule has 0 spiro atoms. The highest BCUT2D eigenvalue weighted by atomic mass is 16.4. The van der Waals surface area contributed by atoms with Crippen molar-refractivity contribution in [1.82, 2.24) is 9.88 Å². The van der Waals surface area contributed by atoms with Crippen LogP contribution in [0.2, 0.25) is 0 Å². The Balaban J connectivity index is 2.12. The van der Waals surface area contributed by atoms with Gasteiger partial charge >= 0.3 is 5.76 Å². The molecule has 5 nitrogen and oxygen atoms in total. The second-order valence-electron chi connectivity index (χ2n) is 5.09. The first kappa shape index (κ1) is 14.8. The minimum atomic E-state index is -0.572. The number of hydrogen-bond acceptors (Lipinski definition) is 4. The number of benzene rings is 1. The van der Waals surface area contributed by atoms with Crippen LogP contribution in [0.1, 0.15) is 38.4 Å². The average Bonchev–Trinajstić information content (AvgIpc) is 2.78. The first-order valence-electron chi connectivity index (χ1n) is 7.17. The summed E-state index contributed by atoms with van der Waals surface area (Å²) in [4.78, 5) is 16.0. The normalized spacial score (nSPS) is 13.2. The van der Waals surface area contributed by atoms with Gasteiger partial charge in [-0.25, -0.2) is 4.79 Å². The molecule has 0 saturated carbocycles. The van der Waals surface area contributed by atoms with Crippen LogP contribution in [0, 0.1) is 0 Å². The van der Waals surface area contributed by atoms with Crippen LogP contribution in [0.5, 0.6) is 0 Å². The average molecular weight is 278 g/mol. The fourth-order valence-electron chi connectivity index (χ4n) is 2.45. The van der Waals surface area contributed by atoms with Crippen molar-refractivity contribution in [2.24, 2.45) is 0 Å². The number of aromatic amines is 1. The van der Waals surface area contributed by atoms with E-state index in [2.05, 4.69) is 23.7 Å². The van der Waals surface area contributed by atoms with E-state index in [1.807, 2.05) is 6.07 Å². The predicted molar refractivity (Wildman–Crippen MR) is 78.8 cm³/mol. The molecular formula is C15H22N2O3. The Bertz CT molecular complexity index is 596. The summed E-state index contributed by atoms with van der Waals surface area (Å²) in [5, 5.41) is 10.3. The molecule has 1 atom stereocenters. The Morgan fingerprint density at radius 3 is 2.65 bits per heavy atom. The smallest absolute Gasteiger partial charge is 0.408 e. The molecule has 0 saturated heterocycles. The van der Waals surface area contributed by atoms with Gasteiger partial charge in [-0.05, 0) is 43.6 Å². The van der Waals surface area contributed by atoms with Crippen LogP contribution < -0.4 is 5.76 Å². The van der Waals surface area contributed by atoms with Gasteiger partial charge in [0.25, 0.3) is 0 Å². The van der Waals surface area contributed by atoms with Gasteiger partial charge in [0.1, 0.15) is 0 Å². The second-order valence-corrected chi connectivity index (χ2v) is 5.09. The summed E-state index contributed by atoms with van der Waals surface area (Å²) >= 11 is 0. The van der Waals surface area contributed by atoms with Gasteiger partial charge in [0, 0.05) is 6.54 Å². The van der Waals surface area contributed by atoms with E-state index in [0.29, 0.717) is 17.6 Å². The zero-order chi connectivity index (χ0) is 14.5. The molecule has 2 rings (SSSR count). The number of oxazole rings is 1. The number of nitrogens with zero attached hydrogens (tertiary/aromatic N) is 1. The van der Waals surface area contributed by atoms with E-state index in [0.717, 1.165) is 31.5 Å².